The molecule has 1 aromatic carbocycles. The molecule has 9 heteroatoms. The molecule has 3 fully saturated rings. The van der Waals surface area contributed by atoms with Crippen molar-refractivity contribution >= 4 is 0 Å². The number of benzene rings is 1. The van der Waals surface area contributed by atoms with Gasteiger partial charge in [0.25, 0.3) is 0 Å². The van der Waals surface area contributed by atoms with Gasteiger partial charge in [0.05, 0.1) is 5.60 Å². The minimum Gasteiger partial charge on any atom is -0.508 e. The summed E-state index contributed by atoms with van der Waals surface area (Å²) in [5.41, 5.74) is 0.834. The lowest BCUT2D eigenvalue weighted by molar-refractivity contribution is -0.284. The number of likely N-dealkylation sites (tertiary alicyclic amines) is 1. The van der Waals surface area contributed by atoms with Gasteiger partial charge in [-0.1, -0.05) is 45.1 Å². The van der Waals surface area contributed by atoms with Crippen LogP contribution < -0.4 is 0 Å². The van der Waals surface area contributed by atoms with Crippen molar-refractivity contribution in [2.24, 2.45) is 23.2 Å². The van der Waals surface area contributed by atoms with E-state index in [9.17, 15) is 32.2 Å². The Morgan fingerprint density at radius 3 is 2.40 bits per heavy atom. The highest BCUT2D eigenvalue weighted by atomic mass is 19.4. The molecule has 1 aromatic rings. The number of alkyl halides is 6. The number of fused-ring (bicyclic) bond motifs is 5. The largest absolute Gasteiger partial charge is 0.508 e. The molecule has 2 N–H and O–H groups in total. The first-order chi connectivity index (χ1) is 21.1. The molecule has 0 spiro atoms. The predicted octanol–water partition coefficient (Wildman–Crippen LogP) is 9.74. The van der Waals surface area contributed by atoms with Crippen LogP contribution in [-0.4, -0.2) is 58.1 Å². The number of aliphatic hydroxyl groups is 1. The Labute approximate surface area is 265 Å². The van der Waals surface area contributed by atoms with Gasteiger partial charge in [0.2, 0.25) is 0 Å². The summed E-state index contributed by atoms with van der Waals surface area (Å²) in [5.74, 6) is -3.76. The van der Waals surface area contributed by atoms with Crippen molar-refractivity contribution < 1.29 is 36.6 Å². The van der Waals surface area contributed by atoms with Crippen molar-refractivity contribution in [1.29, 1.82) is 0 Å². The van der Waals surface area contributed by atoms with E-state index < -0.39 is 35.7 Å². The third-order valence-electron chi connectivity index (χ3n) is 12.6. The van der Waals surface area contributed by atoms with E-state index in [0.717, 1.165) is 88.4 Å². The lowest BCUT2D eigenvalue weighted by atomic mass is 9.50. The van der Waals surface area contributed by atoms with Crippen LogP contribution in [0.25, 0.3) is 0 Å². The average Bonchev–Trinajstić information content (AvgIpc) is 3.49. The summed E-state index contributed by atoms with van der Waals surface area (Å²) in [7, 11) is 0. The molecule has 2 saturated carbocycles. The van der Waals surface area contributed by atoms with Crippen LogP contribution in [0.3, 0.4) is 0 Å². The third-order valence-corrected chi connectivity index (χ3v) is 12.6. The monoisotopic (exact) mass is 645 g/mol. The second kappa shape index (κ2) is 13.6. The number of nitrogens with zero attached hydrogens (tertiary/aromatic N) is 1. The second-order valence-corrected chi connectivity index (χ2v) is 15.3. The van der Waals surface area contributed by atoms with Gasteiger partial charge in [-0.2, -0.15) is 22.0 Å². The molecule has 0 amide bonds. The Morgan fingerprint density at radius 1 is 0.933 bits per heavy atom. The summed E-state index contributed by atoms with van der Waals surface area (Å²) >= 11 is 0. The fourth-order valence-electron chi connectivity index (χ4n) is 9.92. The van der Waals surface area contributed by atoms with Crippen molar-refractivity contribution in [2.75, 3.05) is 13.1 Å². The number of phenolic OH excluding ortho intramolecular Hbond substituents is 1. The first kappa shape index (κ1) is 34.8. The van der Waals surface area contributed by atoms with Crippen molar-refractivity contribution in [1.82, 2.24) is 4.90 Å². The molecule has 5 rings (SSSR count). The highest BCUT2D eigenvalue weighted by Crippen LogP contribution is 2.66. The highest BCUT2D eigenvalue weighted by Gasteiger charge is 2.63. The van der Waals surface area contributed by atoms with E-state index in [1.54, 1.807) is 6.07 Å². The minimum atomic E-state index is -5.46. The molecule has 0 bridgehead atoms. The van der Waals surface area contributed by atoms with Gasteiger partial charge < -0.3 is 15.1 Å². The summed E-state index contributed by atoms with van der Waals surface area (Å²) in [6.45, 7) is 6.06. The van der Waals surface area contributed by atoms with E-state index in [-0.39, 0.29) is 29.9 Å². The Bertz CT molecular complexity index is 1140. The van der Waals surface area contributed by atoms with Crippen LogP contribution in [0.2, 0.25) is 0 Å². The first-order valence-corrected chi connectivity index (χ1v) is 17.5. The fourth-order valence-corrected chi connectivity index (χ4v) is 9.92. The Morgan fingerprint density at radius 2 is 1.64 bits per heavy atom. The summed E-state index contributed by atoms with van der Waals surface area (Å²) in [6.07, 6.45) is 4.49. The molecule has 45 heavy (non-hydrogen) atoms. The molecule has 0 radical (unpaired) electrons. The standard InChI is InChI=1S/C36H53F6NO2/c1-33-23-30(37)32-28-15-14-27(44)22-25(28)21-24(31(32)29(33)16-18-34(33,2)45)11-6-5-9-19-43-20-10-13-26(43)12-7-3-4-8-17-35(38,39)36(40,41)42/h14-15,22,24,26,29-32,44-45H,3-13,16-21,23H2,1-2H3/t24?,26-,29?,30+,31+,32?,33+,34-/m1/s1. The molecule has 1 heterocycles. The zero-order valence-electron chi connectivity index (χ0n) is 27.0. The second-order valence-electron chi connectivity index (χ2n) is 15.3. The Hall–Kier alpha value is -1.48. The third kappa shape index (κ3) is 7.19. The van der Waals surface area contributed by atoms with Crippen LogP contribution in [0.1, 0.15) is 127 Å². The number of hydrogen-bond donors (Lipinski definition) is 2. The van der Waals surface area contributed by atoms with Crippen LogP contribution >= 0.6 is 0 Å². The molecule has 4 aliphatic rings. The smallest absolute Gasteiger partial charge is 0.453 e. The van der Waals surface area contributed by atoms with Gasteiger partial charge in [-0.25, -0.2) is 4.39 Å². The van der Waals surface area contributed by atoms with Gasteiger partial charge in [0.15, 0.2) is 0 Å². The number of unbranched alkanes of at least 4 members (excludes halogenated alkanes) is 5. The van der Waals surface area contributed by atoms with Crippen LogP contribution in [0.5, 0.6) is 5.75 Å². The van der Waals surface area contributed by atoms with E-state index in [4.69, 9.17) is 0 Å². The quantitative estimate of drug-likeness (QED) is 0.166. The number of halogens is 6. The maximum Gasteiger partial charge on any atom is 0.453 e. The van der Waals surface area contributed by atoms with Gasteiger partial charge in [-0.05, 0) is 125 Å². The number of aromatic hydroxyl groups is 1. The molecule has 8 atom stereocenters. The maximum atomic E-state index is 16.1. The molecular weight excluding hydrogens is 592 g/mol. The van der Waals surface area contributed by atoms with E-state index in [0.29, 0.717) is 37.6 Å². The lowest BCUT2D eigenvalue weighted by Gasteiger charge is -2.56. The molecule has 0 aromatic heterocycles. The topological polar surface area (TPSA) is 43.7 Å². The SMILES string of the molecule is C[C@]12C[C@H](F)C3c4ccc(O)cc4CC(CCCCCN4CCC[C@H]4CCCCCCC(F)(F)C(F)(F)F)[C@H]3C1CC[C@@]2(C)O. The van der Waals surface area contributed by atoms with E-state index in [2.05, 4.69) is 11.8 Å². The van der Waals surface area contributed by atoms with E-state index in [1.165, 1.54) is 0 Å². The van der Waals surface area contributed by atoms with Crippen molar-refractivity contribution in [3.63, 3.8) is 0 Å². The van der Waals surface area contributed by atoms with E-state index >= 15 is 4.39 Å². The maximum absolute atomic E-state index is 16.1. The predicted molar refractivity (Wildman–Crippen MR) is 164 cm³/mol. The van der Waals surface area contributed by atoms with Crippen molar-refractivity contribution in [2.45, 2.75) is 152 Å². The number of phenols is 1. The normalized spacial score (nSPS) is 35.3. The summed E-state index contributed by atoms with van der Waals surface area (Å²) < 4.78 is 79.4. The first-order valence-electron chi connectivity index (χ1n) is 17.5. The average molecular weight is 646 g/mol. The number of hydrogen-bond acceptors (Lipinski definition) is 3. The molecule has 3 nitrogen and oxygen atoms in total. The molecule has 256 valence electrons. The highest BCUT2D eigenvalue weighted by molar-refractivity contribution is 5.41. The van der Waals surface area contributed by atoms with Gasteiger partial charge >= 0.3 is 12.1 Å². The summed E-state index contributed by atoms with van der Waals surface area (Å²) in [4.78, 5) is 2.52. The van der Waals surface area contributed by atoms with Crippen LogP contribution in [0.4, 0.5) is 26.3 Å². The lowest BCUT2D eigenvalue weighted by Crippen LogP contribution is -2.54. The van der Waals surface area contributed by atoms with Crippen LogP contribution in [0, 0.1) is 23.2 Å². The number of rotatable bonds is 13. The Balaban J connectivity index is 1.09. The van der Waals surface area contributed by atoms with E-state index in [1.807, 2.05) is 19.1 Å². The molecular formula is C36H53F6NO2. The van der Waals surface area contributed by atoms with Gasteiger partial charge in [-0.15, -0.1) is 0 Å². The summed E-state index contributed by atoms with van der Waals surface area (Å²) in [5, 5.41) is 21.5. The zero-order valence-corrected chi connectivity index (χ0v) is 27.0. The molecule has 1 aliphatic heterocycles. The van der Waals surface area contributed by atoms with Gasteiger partial charge in [0, 0.05) is 23.8 Å². The van der Waals surface area contributed by atoms with Gasteiger partial charge in [-0.3, -0.25) is 0 Å². The van der Waals surface area contributed by atoms with Crippen molar-refractivity contribution in [3.8, 4) is 5.75 Å². The minimum absolute atomic E-state index is 0.110. The van der Waals surface area contributed by atoms with Gasteiger partial charge in [0.1, 0.15) is 11.9 Å². The fraction of sp³-hybridized carbons (Fsp3) is 0.833. The molecule has 3 aliphatic carbocycles. The Kier molecular flexibility index (Phi) is 10.5. The summed E-state index contributed by atoms with van der Waals surface area (Å²) in [6, 6.07) is 5.91. The zero-order chi connectivity index (χ0) is 32.6. The van der Waals surface area contributed by atoms with Crippen LogP contribution in [0.15, 0.2) is 18.2 Å². The molecule has 1 saturated heterocycles. The van der Waals surface area contributed by atoms with Crippen LogP contribution in [-0.2, 0) is 6.42 Å². The molecule has 3 unspecified atom stereocenters. The van der Waals surface area contributed by atoms with Crippen molar-refractivity contribution in [3.05, 3.63) is 29.3 Å².